The van der Waals surface area contributed by atoms with E-state index in [2.05, 4.69) is 5.32 Å². The largest absolute Gasteiger partial charge is 0.444 e. The number of aryl methyl sites for hydroxylation is 1. The Morgan fingerprint density at radius 3 is 2.58 bits per heavy atom. The smallest absolute Gasteiger partial charge is 0.410 e. The highest BCUT2D eigenvalue weighted by atomic mass is 16.6. The SMILES string of the molecule is COC[C@@]1(C(=O)Nc2ccc3c(c2)CCCN3C(C)=O)CCN(C(=O)OC(C)(C)C)C1. The standard InChI is InChI=1S/C23H33N3O5/c1-16(27)26-11-6-7-17-13-18(8-9-19(17)26)24-20(28)23(15-30-5)10-12-25(14-23)21(29)31-22(2,3)4/h8-9,13H,6-7,10-12,14-15H2,1-5H3,(H,24,28)/t23-/m1/s1. The summed E-state index contributed by atoms with van der Waals surface area (Å²) in [6.45, 7) is 8.62. The van der Waals surface area contributed by atoms with Gasteiger partial charge in [0, 0.05) is 45.0 Å². The highest BCUT2D eigenvalue weighted by Crippen LogP contribution is 2.35. The molecule has 3 amide bonds. The number of carbonyl (C=O) groups is 3. The average molecular weight is 432 g/mol. The van der Waals surface area contributed by atoms with Gasteiger partial charge in [0.2, 0.25) is 11.8 Å². The van der Waals surface area contributed by atoms with E-state index in [4.69, 9.17) is 9.47 Å². The molecule has 2 aliphatic rings. The summed E-state index contributed by atoms with van der Waals surface area (Å²) in [7, 11) is 1.56. The predicted octanol–water partition coefficient (Wildman–Crippen LogP) is 3.20. The fourth-order valence-corrected chi connectivity index (χ4v) is 4.27. The van der Waals surface area contributed by atoms with Crippen molar-refractivity contribution in [2.24, 2.45) is 5.41 Å². The topological polar surface area (TPSA) is 88.2 Å². The van der Waals surface area contributed by atoms with Crippen molar-refractivity contribution < 1.29 is 23.9 Å². The normalized spacial score (nSPS) is 20.9. The van der Waals surface area contributed by atoms with Crippen molar-refractivity contribution in [3.8, 4) is 0 Å². The summed E-state index contributed by atoms with van der Waals surface area (Å²) < 4.78 is 10.8. The van der Waals surface area contributed by atoms with E-state index in [-0.39, 0.29) is 25.0 Å². The zero-order chi connectivity index (χ0) is 22.8. The Balaban J connectivity index is 1.74. The number of fused-ring (bicyclic) bond motifs is 1. The number of benzene rings is 1. The molecule has 170 valence electrons. The maximum absolute atomic E-state index is 13.3. The Labute approximate surface area is 183 Å². The number of nitrogens with zero attached hydrogens (tertiary/aromatic N) is 2. The molecule has 0 bridgehead atoms. The van der Waals surface area contributed by atoms with Crippen LogP contribution in [0.4, 0.5) is 16.2 Å². The Hall–Kier alpha value is -2.61. The van der Waals surface area contributed by atoms with Gasteiger partial charge in [0.25, 0.3) is 0 Å². The molecule has 2 heterocycles. The van der Waals surface area contributed by atoms with Crippen LogP contribution >= 0.6 is 0 Å². The molecule has 1 aromatic carbocycles. The van der Waals surface area contributed by atoms with Gasteiger partial charge < -0.3 is 24.6 Å². The van der Waals surface area contributed by atoms with Crippen molar-refractivity contribution in [3.63, 3.8) is 0 Å². The van der Waals surface area contributed by atoms with Crippen LogP contribution in [0.5, 0.6) is 0 Å². The van der Waals surface area contributed by atoms with Crippen molar-refractivity contribution in [2.45, 2.75) is 52.6 Å². The maximum Gasteiger partial charge on any atom is 0.410 e. The lowest BCUT2D eigenvalue weighted by Crippen LogP contribution is -2.44. The molecule has 0 saturated carbocycles. The van der Waals surface area contributed by atoms with Gasteiger partial charge >= 0.3 is 6.09 Å². The number of likely N-dealkylation sites (tertiary alicyclic amines) is 1. The average Bonchev–Trinajstić information content (AvgIpc) is 3.12. The summed E-state index contributed by atoms with van der Waals surface area (Å²) in [5, 5.41) is 3.01. The van der Waals surface area contributed by atoms with E-state index in [9.17, 15) is 14.4 Å². The van der Waals surface area contributed by atoms with Crippen LogP contribution in [0.1, 0.15) is 46.1 Å². The predicted molar refractivity (Wildman–Crippen MR) is 118 cm³/mol. The summed E-state index contributed by atoms with van der Waals surface area (Å²) in [6, 6.07) is 5.64. The summed E-state index contributed by atoms with van der Waals surface area (Å²) in [4.78, 5) is 41.0. The first kappa shape index (κ1) is 23.1. The zero-order valence-corrected chi connectivity index (χ0v) is 19.1. The Morgan fingerprint density at radius 2 is 1.94 bits per heavy atom. The lowest BCUT2D eigenvalue weighted by molar-refractivity contribution is -0.127. The fourth-order valence-electron chi connectivity index (χ4n) is 4.27. The second-order valence-corrected chi connectivity index (χ2v) is 9.44. The number of anilines is 2. The number of rotatable bonds is 4. The highest BCUT2D eigenvalue weighted by molar-refractivity contribution is 5.97. The molecule has 0 aliphatic carbocycles. The molecule has 0 unspecified atom stereocenters. The first-order valence-corrected chi connectivity index (χ1v) is 10.7. The lowest BCUT2D eigenvalue weighted by Gasteiger charge is -2.30. The molecule has 0 aromatic heterocycles. The quantitative estimate of drug-likeness (QED) is 0.791. The summed E-state index contributed by atoms with van der Waals surface area (Å²) in [5.74, 6) is -0.162. The number of hydrogen-bond donors (Lipinski definition) is 1. The third-order valence-electron chi connectivity index (χ3n) is 5.74. The van der Waals surface area contributed by atoms with Gasteiger partial charge in [-0.1, -0.05) is 0 Å². The molecule has 3 rings (SSSR count). The summed E-state index contributed by atoms with van der Waals surface area (Å²) >= 11 is 0. The molecule has 0 radical (unpaired) electrons. The van der Waals surface area contributed by atoms with E-state index in [1.165, 1.54) is 0 Å². The van der Waals surface area contributed by atoms with Crippen LogP contribution < -0.4 is 10.2 Å². The number of ether oxygens (including phenoxy) is 2. The molecule has 31 heavy (non-hydrogen) atoms. The fraction of sp³-hybridized carbons (Fsp3) is 0.609. The van der Waals surface area contributed by atoms with Crippen LogP contribution in [0.2, 0.25) is 0 Å². The second kappa shape index (κ2) is 8.86. The number of nitrogens with one attached hydrogen (secondary N) is 1. The number of carbonyl (C=O) groups excluding carboxylic acids is 3. The second-order valence-electron chi connectivity index (χ2n) is 9.44. The van der Waals surface area contributed by atoms with E-state index in [1.54, 1.807) is 23.8 Å². The molecule has 1 saturated heterocycles. The molecule has 8 heteroatoms. The van der Waals surface area contributed by atoms with Crippen LogP contribution in [0.25, 0.3) is 0 Å². The number of hydrogen-bond acceptors (Lipinski definition) is 5. The molecular weight excluding hydrogens is 398 g/mol. The summed E-state index contributed by atoms with van der Waals surface area (Å²) in [5.41, 5.74) is 1.19. The molecule has 1 N–H and O–H groups in total. The Kier molecular flexibility index (Phi) is 6.59. The molecule has 8 nitrogen and oxygen atoms in total. The van der Waals surface area contributed by atoms with Gasteiger partial charge in [-0.05, 0) is 63.8 Å². The Bertz CT molecular complexity index is 863. The van der Waals surface area contributed by atoms with E-state index in [0.29, 0.717) is 25.2 Å². The van der Waals surface area contributed by atoms with Crippen molar-refractivity contribution >= 4 is 29.3 Å². The minimum absolute atomic E-state index is 0.0185. The van der Waals surface area contributed by atoms with Crippen LogP contribution in [0.3, 0.4) is 0 Å². The van der Waals surface area contributed by atoms with E-state index in [0.717, 1.165) is 24.1 Å². The van der Waals surface area contributed by atoms with Crippen LogP contribution in [0, 0.1) is 5.41 Å². The minimum Gasteiger partial charge on any atom is -0.444 e. The molecular formula is C23H33N3O5. The van der Waals surface area contributed by atoms with Gasteiger partial charge in [-0.15, -0.1) is 0 Å². The van der Waals surface area contributed by atoms with Crippen LogP contribution in [-0.2, 0) is 25.5 Å². The van der Waals surface area contributed by atoms with Crippen molar-refractivity contribution in [1.29, 1.82) is 0 Å². The monoisotopic (exact) mass is 431 g/mol. The Morgan fingerprint density at radius 1 is 1.19 bits per heavy atom. The van der Waals surface area contributed by atoms with Crippen molar-refractivity contribution in [2.75, 3.05) is 43.6 Å². The number of methoxy groups -OCH3 is 1. The first-order valence-electron chi connectivity index (χ1n) is 10.7. The third-order valence-corrected chi connectivity index (χ3v) is 5.74. The molecule has 2 aliphatic heterocycles. The molecule has 1 atom stereocenters. The molecule has 1 fully saturated rings. The van der Waals surface area contributed by atoms with Crippen molar-refractivity contribution in [3.05, 3.63) is 23.8 Å². The lowest BCUT2D eigenvalue weighted by atomic mass is 9.86. The van der Waals surface area contributed by atoms with Gasteiger partial charge in [-0.2, -0.15) is 0 Å². The first-order chi connectivity index (χ1) is 14.5. The van der Waals surface area contributed by atoms with Gasteiger partial charge in [0.05, 0.1) is 12.0 Å². The van der Waals surface area contributed by atoms with Crippen LogP contribution in [-0.4, -0.2) is 61.8 Å². The van der Waals surface area contributed by atoms with Gasteiger partial charge in [0.15, 0.2) is 0 Å². The van der Waals surface area contributed by atoms with Crippen molar-refractivity contribution in [1.82, 2.24) is 4.90 Å². The van der Waals surface area contributed by atoms with Crippen LogP contribution in [0.15, 0.2) is 18.2 Å². The molecule has 0 spiro atoms. The highest BCUT2D eigenvalue weighted by Gasteiger charge is 2.47. The minimum atomic E-state index is -0.840. The molecule has 1 aromatic rings. The number of amides is 3. The third kappa shape index (κ3) is 5.18. The van der Waals surface area contributed by atoms with Gasteiger partial charge in [0.1, 0.15) is 5.60 Å². The zero-order valence-electron chi connectivity index (χ0n) is 19.1. The van der Waals surface area contributed by atoms with Gasteiger partial charge in [-0.3, -0.25) is 9.59 Å². The summed E-state index contributed by atoms with van der Waals surface area (Å²) in [6.07, 6.45) is 1.83. The van der Waals surface area contributed by atoms with E-state index < -0.39 is 17.1 Å². The van der Waals surface area contributed by atoms with Gasteiger partial charge in [-0.25, -0.2) is 4.79 Å². The van der Waals surface area contributed by atoms with E-state index >= 15 is 0 Å². The maximum atomic E-state index is 13.3. The van der Waals surface area contributed by atoms with E-state index in [1.807, 2.05) is 39.0 Å².